The molecule has 1 aliphatic heterocycles. The first-order valence-electron chi connectivity index (χ1n) is 15.8. The summed E-state index contributed by atoms with van der Waals surface area (Å²) in [6.07, 6.45) is -9.55. The molecule has 3 aromatic carbocycles. The number of benzene rings is 3. The van der Waals surface area contributed by atoms with Crippen molar-refractivity contribution in [1.29, 1.82) is 0 Å². The number of aromatic carboxylic acids is 1. The van der Waals surface area contributed by atoms with Gasteiger partial charge in [-0.3, -0.25) is 4.90 Å². The summed E-state index contributed by atoms with van der Waals surface area (Å²) < 4.78 is 101. The van der Waals surface area contributed by atoms with E-state index in [1.165, 1.54) is 50.3 Å². The number of carboxylic acid groups (broad SMARTS) is 1. The largest absolute Gasteiger partial charge is 0.496 e. The molecule has 0 saturated carbocycles. The van der Waals surface area contributed by atoms with E-state index in [0.29, 0.717) is 36.0 Å². The highest BCUT2D eigenvalue weighted by Gasteiger charge is 2.43. The number of amides is 1. The number of hydrogen-bond donors (Lipinski definition) is 1. The maximum atomic E-state index is 14.5. The number of alkyl halides is 6. The lowest BCUT2D eigenvalue weighted by atomic mass is 9.72. The van der Waals surface area contributed by atoms with Gasteiger partial charge in [0.05, 0.1) is 31.4 Å². The van der Waals surface area contributed by atoms with Gasteiger partial charge in [0, 0.05) is 12.1 Å². The summed E-state index contributed by atoms with van der Waals surface area (Å²) in [6.45, 7) is 7.31. The molecule has 0 aromatic heterocycles. The third kappa shape index (κ3) is 7.27. The molecule has 0 radical (unpaired) electrons. The lowest BCUT2D eigenvalue weighted by Crippen LogP contribution is -2.35. The van der Waals surface area contributed by atoms with Gasteiger partial charge in [0.2, 0.25) is 0 Å². The molecule has 2 atom stereocenters. The highest BCUT2D eigenvalue weighted by atomic mass is 19.4. The van der Waals surface area contributed by atoms with Gasteiger partial charge in [-0.1, -0.05) is 31.5 Å². The summed E-state index contributed by atoms with van der Waals surface area (Å²) in [4.78, 5) is 26.4. The quantitative estimate of drug-likeness (QED) is 0.235. The van der Waals surface area contributed by atoms with Gasteiger partial charge in [-0.05, 0) is 103 Å². The van der Waals surface area contributed by atoms with Crippen LogP contribution in [0.15, 0.2) is 54.1 Å². The van der Waals surface area contributed by atoms with Crippen molar-refractivity contribution in [2.24, 2.45) is 5.41 Å². The van der Waals surface area contributed by atoms with Gasteiger partial charge in [0.25, 0.3) is 0 Å². The molecule has 1 aliphatic carbocycles. The SMILES string of the molecule is COc1cc(-c2cc(C3=C(CN4C(=O)O[C@H](c5cc(C)cc(C(F)(F)F)c5)[C@@H]4C)CC(C)(C)CC3)c(OC)cc2C(F)(F)F)ccc1C(=O)O. The number of carboxylic acids is 1. The number of carbonyl (C=O) groups excluding carboxylic acids is 1. The first kappa shape index (κ1) is 36.6. The number of hydrogen-bond acceptors (Lipinski definition) is 5. The number of halogens is 6. The monoisotopic (exact) mass is 705 g/mol. The maximum absolute atomic E-state index is 14.5. The second kappa shape index (κ2) is 13.2. The molecule has 1 fully saturated rings. The van der Waals surface area contributed by atoms with Crippen LogP contribution in [-0.4, -0.2) is 48.9 Å². The third-order valence-corrected chi connectivity index (χ3v) is 9.39. The number of cyclic esters (lactones) is 1. The van der Waals surface area contributed by atoms with Crippen LogP contribution in [0, 0.1) is 12.3 Å². The van der Waals surface area contributed by atoms with Crippen molar-refractivity contribution in [2.75, 3.05) is 20.8 Å². The number of allylic oxidation sites excluding steroid dienone is 1. The van der Waals surface area contributed by atoms with Crippen LogP contribution in [-0.2, 0) is 17.1 Å². The molecule has 0 spiro atoms. The van der Waals surface area contributed by atoms with E-state index in [1.54, 1.807) is 13.0 Å². The Balaban J connectivity index is 1.63. The normalized spacial score (nSPS) is 19.4. The maximum Gasteiger partial charge on any atom is 0.417 e. The van der Waals surface area contributed by atoms with Gasteiger partial charge in [0.15, 0.2) is 0 Å². The standard InChI is InChI=1S/C37H37F6NO6/c1-19-11-22(13-24(12-19)36(38,39)40)32-20(2)44(34(47)50-32)18-23-17-35(3,4)10-9-25(23)28-15-27(29(37(41,42)43)16-31(28)49-6)21-7-8-26(33(45)46)30(14-21)48-5/h7-8,11-16,20,32H,9-10,17-18H2,1-6H3,(H,45,46)/t20-,32-/m0/s1. The van der Waals surface area contributed by atoms with Crippen molar-refractivity contribution in [1.82, 2.24) is 4.90 Å². The van der Waals surface area contributed by atoms with Gasteiger partial charge in [0.1, 0.15) is 23.2 Å². The Hall–Kier alpha value is -4.68. The smallest absolute Gasteiger partial charge is 0.417 e. The molecule has 7 nitrogen and oxygen atoms in total. The molecule has 2 aliphatic rings. The van der Waals surface area contributed by atoms with Crippen LogP contribution in [0.3, 0.4) is 0 Å². The Kier molecular flexibility index (Phi) is 9.68. The molecular weight excluding hydrogens is 668 g/mol. The second-order valence-electron chi connectivity index (χ2n) is 13.5. The summed E-state index contributed by atoms with van der Waals surface area (Å²) in [5.74, 6) is -1.47. The lowest BCUT2D eigenvalue weighted by molar-refractivity contribution is -0.138. The molecule has 0 bridgehead atoms. The number of rotatable bonds is 8. The number of nitrogens with zero attached hydrogens (tertiary/aromatic N) is 1. The molecule has 13 heteroatoms. The van der Waals surface area contributed by atoms with Crippen molar-refractivity contribution in [2.45, 2.75) is 71.5 Å². The molecule has 0 unspecified atom stereocenters. The van der Waals surface area contributed by atoms with Gasteiger partial charge >= 0.3 is 24.4 Å². The van der Waals surface area contributed by atoms with Crippen molar-refractivity contribution in [3.8, 4) is 22.6 Å². The van der Waals surface area contributed by atoms with E-state index in [9.17, 15) is 41.0 Å². The van der Waals surface area contributed by atoms with Crippen molar-refractivity contribution in [3.63, 3.8) is 0 Å². The summed E-state index contributed by atoms with van der Waals surface area (Å²) in [7, 11) is 2.48. The Labute approximate surface area is 285 Å². The predicted octanol–water partition coefficient (Wildman–Crippen LogP) is 9.96. The minimum atomic E-state index is -4.81. The number of carbonyl (C=O) groups is 2. The molecule has 1 amide bonds. The second-order valence-corrected chi connectivity index (χ2v) is 13.5. The van der Waals surface area contributed by atoms with Crippen LogP contribution in [0.25, 0.3) is 16.7 Å². The van der Waals surface area contributed by atoms with Gasteiger partial charge in [-0.25, -0.2) is 9.59 Å². The zero-order chi connectivity index (χ0) is 36.9. The molecule has 1 heterocycles. The van der Waals surface area contributed by atoms with E-state index in [1.807, 2.05) is 13.8 Å². The number of methoxy groups -OCH3 is 2. The van der Waals surface area contributed by atoms with Crippen LogP contribution in [0.2, 0.25) is 0 Å². The fourth-order valence-electron chi connectivity index (χ4n) is 6.89. The fourth-order valence-corrected chi connectivity index (χ4v) is 6.89. The summed E-state index contributed by atoms with van der Waals surface area (Å²) in [5.41, 5.74) is -0.135. The Morgan fingerprint density at radius 1 is 0.960 bits per heavy atom. The fraction of sp³-hybridized carbons (Fsp3) is 0.405. The first-order valence-corrected chi connectivity index (χ1v) is 15.8. The topological polar surface area (TPSA) is 85.3 Å². The van der Waals surface area contributed by atoms with E-state index in [2.05, 4.69) is 0 Å². The van der Waals surface area contributed by atoms with Crippen molar-refractivity contribution >= 4 is 17.6 Å². The van der Waals surface area contributed by atoms with E-state index in [0.717, 1.165) is 23.8 Å². The van der Waals surface area contributed by atoms with E-state index < -0.39 is 47.7 Å². The first-order chi connectivity index (χ1) is 23.2. The minimum absolute atomic E-state index is 0.0217. The molecular formula is C37H37F6NO6. The Morgan fingerprint density at radius 2 is 1.64 bits per heavy atom. The average molecular weight is 706 g/mol. The zero-order valence-electron chi connectivity index (χ0n) is 28.3. The van der Waals surface area contributed by atoms with Gasteiger partial charge < -0.3 is 19.3 Å². The summed E-state index contributed by atoms with van der Waals surface area (Å²) >= 11 is 0. The zero-order valence-corrected chi connectivity index (χ0v) is 28.3. The van der Waals surface area contributed by atoms with Gasteiger partial charge in [-0.2, -0.15) is 26.3 Å². The van der Waals surface area contributed by atoms with Crippen LogP contribution in [0.4, 0.5) is 31.1 Å². The molecule has 50 heavy (non-hydrogen) atoms. The highest BCUT2D eigenvalue weighted by molar-refractivity contribution is 5.92. The van der Waals surface area contributed by atoms with Crippen LogP contribution in [0.1, 0.15) is 84.3 Å². The number of ether oxygens (including phenoxy) is 3. The average Bonchev–Trinajstić information content (AvgIpc) is 3.30. The lowest BCUT2D eigenvalue weighted by Gasteiger charge is -2.36. The van der Waals surface area contributed by atoms with Gasteiger partial charge in [-0.15, -0.1) is 0 Å². The highest BCUT2D eigenvalue weighted by Crippen LogP contribution is 2.49. The number of aryl methyl sites for hydroxylation is 1. The van der Waals surface area contributed by atoms with Crippen molar-refractivity contribution < 1.29 is 55.2 Å². The molecule has 5 rings (SSSR count). The predicted molar refractivity (Wildman–Crippen MR) is 173 cm³/mol. The Bertz CT molecular complexity index is 1860. The molecule has 268 valence electrons. The van der Waals surface area contributed by atoms with Crippen LogP contribution in [0.5, 0.6) is 11.5 Å². The van der Waals surface area contributed by atoms with Crippen LogP contribution >= 0.6 is 0 Å². The van der Waals surface area contributed by atoms with E-state index in [-0.39, 0.29) is 45.7 Å². The third-order valence-electron chi connectivity index (χ3n) is 9.39. The van der Waals surface area contributed by atoms with E-state index >= 15 is 0 Å². The molecule has 3 aromatic rings. The molecule has 1 saturated heterocycles. The van der Waals surface area contributed by atoms with E-state index in [4.69, 9.17) is 14.2 Å². The van der Waals surface area contributed by atoms with Crippen LogP contribution < -0.4 is 9.47 Å². The summed E-state index contributed by atoms with van der Waals surface area (Å²) in [5, 5.41) is 9.52. The Morgan fingerprint density at radius 3 is 2.24 bits per heavy atom. The summed E-state index contributed by atoms with van der Waals surface area (Å²) in [6, 6.07) is 8.85. The van der Waals surface area contributed by atoms with Crippen molar-refractivity contribution in [3.05, 3.63) is 87.5 Å². The molecule has 1 N–H and O–H groups in total. The minimum Gasteiger partial charge on any atom is -0.496 e.